The second kappa shape index (κ2) is 9.51. The number of nitrogens with zero attached hydrogens (tertiary/aromatic N) is 1. The number of hydrogen-bond acceptors (Lipinski definition) is 4. The fourth-order valence-electron chi connectivity index (χ4n) is 4.42. The Hall–Kier alpha value is -1.40. The van der Waals surface area contributed by atoms with Gasteiger partial charge in [0.15, 0.2) is 0 Å². The first-order chi connectivity index (χ1) is 12.7. The van der Waals surface area contributed by atoms with Gasteiger partial charge in [-0.1, -0.05) is 31.4 Å². The van der Waals surface area contributed by atoms with Crippen LogP contribution in [0.5, 0.6) is 0 Å². The molecule has 3 aliphatic rings. The molecule has 0 radical (unpaired) electrons. The SMILES string of the molecule is O=C(NC[C@H](O)C1CCCCC1)[C@@H]1CC=CC[C@@H]1C(=O)N1CCOCC1. The first-order valence-electron chi connectivity index (χ1n) is 10.1. The summed E-state index contributed by atoms with van der Waals surface area (Å²) in [5.74, 6) is -0.388. The summed E-state index contributed by atoms with van der Waals surface area (Å²) in [6.45, 7) is 2.64. The third kappa shape index (κ3) is 4.86. The molecular formula is C20H32N2O4. The molecule has 26 heavy (non-hydrogen) atoms. The van der Waals surface area contributed by atoms with Gasteiger partial charge in [-0.05, 0) is 31.6 Å². The van der Waals surface area contributed by atoms with Crippen molar-refractivity contribution < 1.29 is 19.4 Å². The molecule has 6 heteroatoms. The molecule has 1 saturated carbocycles. The molecule has 3 rings (SSSR count). The number of allylic oxidation sites excluding steroid dienone is 2. The Balaban J connectivity index is 1.53. The van der Waals surface area contributed by atoms with E-state index in [1.54, 1.807) is 0 Å². The van der Waals surface area contributed by atoms with Crippen LogP contribution in [-0.2, 0) is 14.3 Å². The predicted octanol–water partition coefficient (Wildman–Crippen LogP) is 1.48. The van der Waals surface area contributed by atoms with Gasteiger partial charge in [0.05, 0.1) is 31.2 Å². The van der Waals surface area contributed by atoms with E-state index in [2.05, 4.69) is 5.32 Å². The first kappa shape index (κ1) is 19.4. The highest BCUT2D eigenvalue weighted by Crippen LogP contribution is 2.29. The van der Waals surface area contributed by atoms with E-state index in [0.717, 1.165) is 12.8 Å². The second-order valence-corrected chi connectivity index (χ2v) is 7.80. The summed E-state index contributed by atoms with van der Waals surface area (Å²) in [6.07, 6.45) is 10.4. The Morgan fingerprint density at radius 2 is 1.73 bits per heavy atom. The molecule has 3 atom stereocenters. The average Bonchev–Trinajstić information content (AvgIpc) is 2.72. The highest BCUT2D eigenvalue weighted by atomic mass is 16.5. The lowest BCUT2D eigenvalue weighted by Crippen LogP contribution is -2.49. The van der Waals surface area contributed by atoms with Crippen LogP contribution in [0.4, 0.5) is 0 Å². The first-order valence-corrected chi connectivity index (χ1v) is 10.1. The van der Waals surface area contributed by atoms with Gasteiger partial charge in [-0.25, -0.2) is 0 Å². The molecule has 2 amide bonds. The van der Waals surface area contributed by atoms with Gasteiger partial charge >= 0.3 is 0 Å². The minimum absolute atomic E-state index is 0.0608. The van der Waals surface area contributed by atoms with E-state index in [1.807, 2.05) is 17.1 Å². The fourth-order valence-corrected chi connectivity index (χ4v) is 4.42. The second-order valence-electron chi connectivity index (χ2n) is 7.80. The third-order valence-electron chi connectivity index (χ3n) is 6.09. The van der Waals surface area contributed by atoms with Gasteiger partial charge < -0.3 is 20.1 Å². The molecule has 2 N–H and O–H groups in total. The summed E-state index contributed by atoms with van der Waals surface area (Å²) in [4.78, 5) is 27.4. The minimum Gasteiger partial charge on any atom is -0.391 e. The number of nitrogens with one attached hydrogen (secondary N) is 1. The summed E-state index contributed by atoms with van der Waals surface area (Å²) in [5.41, 5.74) is 0. The van der Waals surface area contributed by atoms with Gasteiger partial charge in [0.2, 0.25) is 11.8 Å². The van der Waals surface area contributed by atoms with E-state index in [4.69, 9.17) is 4.74 Å². The zero-order valence-electron chi connectivity index (χ0n) is 15.6. The molecule has 2 aliphatic carbocycles. The van der Waals surface area contributed by atoms with E-state index in [1.165, 1.54) is 19.3 Å². The molecule has 6 nitrogen and oxygen atoms in total. The lowest BCUT2D eigenvalue weighted by Gasteiger charge is -2.34. The zero-order chi connectivity index (χ0) is 18.4. The van der Waals surface area contributed by atoms with Gasteiger partial charge in [-0.15, -0.1) is 0 Å². The van der Waals surface area contributed by atoms with Crippen molar-refractivity contribution in [1.82, 2.24) is 10.2 Å². The molecule has 2 fully saturated rings. The van der Waals surface area contributed by atoms with Crippen LogP contribution in [0.25, 0.3) is 0 Å². The lowest BCUT2D eigenvalue weighted by atomic mass is 9.81. The van der Waals surface area contributed by atoms with Gasteiger partial charge in [-0.3, -0.25) is 9.59 Å². The smallest absolute Gasteiger partial charge is 0.226 e. The molecule has 0 spiro atoms. The third-order valence-corrected chi connectivity index (χ3v) is 6.09. The number of carbonyl (C=O) groups excluding carboxylic acids is 2. The van der Waals surface area contributed by atoms with Crippen molar-refractivity contribution in [2.75, 3.05) is 32.8 Å². The molecule has 0 aromatic carbocycles. The maximum absolute atomic E-state index is 12.9. The number of carbonyl (C=O) groups is 2. The van der Waals surface area contributed by atoms with Crippen LogP contribution < -0.4 is 5.32 Å². The van der Waals surface area contributed by atoms with E-state index < -0.39 is 6.10 Å². The standard InChI is InChI=1S/C20H32N2O4/c23-18(15-6-2-1-3-7-15)14-21-19(24)16-8-4-5-9-17(16)20(25)22-10-12-26-13-11-22/h4-5,15-18,23H,1-3,6-14H2,(H,21,24)/t16-,17+,18+/m1/s1. The highest BCUT2D eigenvalue weighted by Gasteiger charge is 2.37. The molecule has 0 aromatic heterocycles. The molecule has 146 valence electrons. The number of hydrogen-bond donors (Lipinski definition) is 2. The van der Waals surface area contributed by atoms with Crippen LogP contribution in [0.1, 0.15) is 44.9 Å². The number of aliphatic hydroxyl groups is 1. The van der Waals surface area contributed by atoms with Crippen molar-refractivity contribution in [1.29, 1.82) is 0 Å². The number of morpholine rings is 1. The molecule has 1 aliphatic heterocycles. The Bertz CT molecular complexity index is 510. The maximum Gasteiger partial charge on any atom is 0.226 e. The normalized spacial score (nSPS) is 28.6. The number of aliphatic hydroxyl groups excluding tert-OH is 1. The molecule has 0 bridgehead atoms. The van der Waals surface area contributed by atoms with E-state index in [9.17, 15) is 14.7 Å². The average molecular weight is 364 g/mol. The van der Waals surface area contributed by atoms with Crippen molar-refractivity contribution in [2.24, 2.45) is 17.8 Å². The monoisotopic (exact) mass is 364 g/mol. The van der Waals surface area contributed by atoms with E-state index in [-0.39, 0.29) is 23.7 Å². The van der Waals surface area contributed by atoms with Crippen molar-refractivity contribution >= 4 is 11.8 Å². The lowest BCUT2D eigenvalue weighted by molar-refractivity contribution is -0.145. The van der Waals surface area contributed by atoms with Crippen molar-refractivity contribution in [3.8, 4) is 0 Å². The van der Waals surface area contributed by atoms with Gasteiger partial charge in [0.25, 0.3) is 0 Å². The Morgan fingerprint density at radius 1 is 1.08 bits per heavy atom. The summed E-state index contributed by atoms with van der Waals surface area (Å²) < 4.78 is 5.32. The Morgan fingerprint density at radius 3 is 2.42 bits per heavy atom. The van der Waals surface area contributed by atoms with Gasteiger partial charge in [0, 0.05) is 19.6 Å². The van der Waals surface area contributed by atoms with Crippen LogP contribution >= 0.6 is 0 Å². The van der Waals surface area contributed by atoms with Crippen LogP contribution in [0.3, 0.4) is 0 Å². The largest absolute Gasteiger partial charge is 0.391 e. The van der Waals surface area contributed by atoms with Crippen LogP contribution in [0, 0.1) is 17.8 Å². The molecule has 1 heterocycles. The summed E-state index contributed by atoms with van der Waals surface area (Å²) in [7, 11) is 0. The Kier molecular flexibility index (Phi) is 7.08. The highest BCUT2D eigenvalue weighted by molar-refractivity contribution is 5.88. The minimum atomic E-state index is -0.480. The van der Waals surface area contributed by atoms with Gasteiger partial charge in [0.1, 0.15) is 0 Å². The number of rotatable bonds is 5. The van der Waals surface area contributed by atoms with Crippen molar-refractivity contribution in [3.63, 3.8) is 0 Å². The zero-order valence-corrected chi connectivity index (χ0v) is 15.6. The molecule has 0 unspecified atom stereocenters. The summed E-state index contributed by atoms with van der Waals surface area (Å²) in [6, 6.07) is 0. The fraction of sp³-hybridized carbons (Fsp3) is 0.800. The van der Waals surface area contributed by atoms with Crippen LogP contribution in [-0.4, -0.2) is 60.8 Å². The maximum atomic E-state index is 12.9. The predicted molar refractivity (Wildman–Crippen MR) is 98.3 cm³/mol. The molecule has 0 aromatic rings. The molecular weight excluding hydrogens is 332 g/mol. The summed E-state index contributed by atoms with van der Waals surface area (Å²) in [5, 5.41) is 13.3. The number of amides is 2. The van der Waals surface area contributed by atoms with E-state index in [0.29, 0.717) is 51.6 Å². The van der Waals surface area contributed by atoms with Gasteiger partial charge in [-0.2, -0.15) is 0 Å². The quantitative estimate of drug-likeness (QED) is 0.725. The van der Waals surface area contributed by atoms with Crippen LogP contribution in [0.2, 0.25) is 0 Å². The van der Waals surface area contributed by atoms with E-state index >= 15 is 0 Å². The Labute approximate surface area is 156 Å². The summed E-state index contributed by atoms with van der Waals surface area (Å²) >= 11 is 0. The number of ether oxygens (including phenoxy) is 1. The molecule has 1 saturated heterocycles. The van der Waals surface area contributed by atoms with Crippen molar-refractivity contribution in [3.05, 3.63) is 12.2 Å². The van der Waals surface area contributed by atoms with Crippen LogP contribution in [0.15, 0.2) is 12.2 Å². The van der Waals surface area contributed by atoms with Crippen molar-refractivity contribution in [2.45, 2.75) is 51.0 Å². The topological polar surface area (TPSA) is 78.9 Å².